The van der Waals surface area contributed by atoms with Gasteiger partial charge in [-0.1, -0.05) is 31.3 Å². The fourth-order valence-corrected chi connectivity index (χ4v) is 3.46. The normalized spacial score (nSPS) is 10.8. The highest BCUT2D eigenvalue weighted by Gasteiger charge is 2.14. The van der Waals surface area contributed by atoms with Gasteiger partial charge in [-0.3, -0.25) is 0 Å². The number of benzene rings is 4. The Hall–Kier alpha value is -3.85. The second kappa shape index (κ2) is 9.96. The summed E-state index contributed by atoms with van der Waals surface area (Å²) in [6, 6.07) is 12.8. The third-order valence-corrected chi connectivity index (χ3v) is 5.27. The Morgan fingerprint density at radius 3 is 2.06 bits per heavy atom. The second-order valence-corrected chi connectivity index (χ2v) is 7.74. The number of unbranched alkanes of at least 4 members (excludes halogenated alkanes) is 1. The van der Waals surface area contributed by atoms with E-state index in [1.54, 1.807) is 6.07 Å². The van der Waals surface area contributed by atoms with E-state index in [2.05, 4.69) is 11.8 Å². The van der Waals surface area contributed by atoms with Crippen LogP contribution in [0.25, 0.3) is 21.9 Å². The lowest BCUT2D eigenvalue weighted by Crippen LogP contribution is -1.98. The monoisotopic (exact) mass is 466 g/mol. The maximum atomic E-state index is 14.7. The first-order chi connectivity index (χ1) is 16.4. The minimum atomic E-state index is -1.00. The topological polar surface area (TPSA) is 9.23 Å². The number of ether oxygens (including phenoxy) is 1. The summed E-state index contributed by atoms with van der Waals surface area (Å²) in [5.41, 5.74) is -0.0505. The van der Waals surface area contributed by atoms with Crippen molar-refractivity contribution in [3.63, 3.8) is 0 Å². The van der Waals surface area contributed by atoms with Crippen LogP contribution in [0.2, 0.25) is 0 Å². The molecule has 0 spiro atoms. The summed E-state index contributed by atoms with van der Waals surface area (Å²) in [5.74, 6) is 0.896. The molecule has 0 saturated heterocycles. The van der Waals surface area contributed by atoms with E-state index in [1.807, 2.05) is 6.92 Å². The van der Waals surface area contributed by atoms with Gasteiger partial charge in [-0.2, -0.15) is 0 Å². The van der Waals surface area contributed by atoms with Gasteiger partial charge in [0.1, 0.15) is 23.2 Å². The Kier molecular flexibility index (Phi) is 6.83. The van der Waals surface area contributed by atoms with Gasteiger partial charge >= 0.3 is 0 Å². The molecule has 0 heterocycles. The molecule has 0 atom stereocenters. The van der Waals surface area contributed by atoms with Crippen LogP contribution < -0.4 is 4.74 Å². The average molecular weight is 466 g/mol. The molecule has 1 nitrogen and oxygen atoms in total. The lowest BCUT2D eigenvalue weighted by molar-refractivity contribution is 0.308. The van der Waals surface area contributed by atoms with E-state index in [-0.39, 0.29) is 11.1 Å². The third-order valence-electron chi connectivity index (χ3n) is 5.27. The van der Waals surface area contributed by atoms with E-state index in [0.29, 0.717) is 28.7 Å². The van der Waals surface area contributed by atoms with Gasteiger partial charge in [0.2, 0.25) is 0 Å². The molecule has 0 aromatic heterocycles. The molecule has 6 heteroatoms. The van der Waals surface area contributed by atoms with Crippen molar-refractivity contribution in [1.82, 2.24) is 0 Å². The van der Waals surface area contributed by atoms with Gasteiger partial charge in [-0.15, -0.1) is 0 Å². The minimum Gasteiger partial charge on any atom is -0.493 e. The zero-order chi connectivity index (χ0) is 24.2. The molecule has 0 saturated carbocycles. The molecule has 172 valence electrons. The molecule has 0 aliphatic rings. The van der Waals surface area contributed by atoms with Crippen molar-refractivity contribution in [1.29, 1.82) is 0 Å². The summed E-state index contributed by atoms with van der Waals surface area (Å²) in [4.78, 5) is 0. The molecule has 0 aliphatic heterocycles. The number of halogens is 5. The van der Waals surface area contributed by atoms with Gasteiger partial charge in [0.15, 0.2) is 11.6 Å². The molecular formula is C28H19F5O. The lowest BCUT2D eigenvalue weighted by atomic mass is 10.0. The molecule has 4 aromatic rings. The Morgan fingerprint density at radius 2 is 1.38 bits per heavy atom. The van der Waals surface area contributed by atoms with E-state index < -0.39 is 34.6 Å². The lowest BCUT2D eigenvalue weighted by Gasteiger charge is -2.09. The highest BCUT2D eigenvalue weighted by Crippen LogP contribution is 2.29. The summed E-state index contributed by atoms with van der Waals surface area (Å²) >= 11 is 0. The molecule has 0 amide bonds. The van der Waals surface area contributed by atoms with Crippen LogP contribution >= 0.6 is 0 Å². The van der Waals surface area contributed by atoms with Crippen molar-refractivity contribution >= 4 is 10.8 Å². The van der Waals surface area contributed by atoms with Crippen LogP contribution in [0.3, 0.4) is 0 Å². The summed E-state index contributed by atoms with van der Waals surface area (Å²) in [5, 5.41) is 0.870. The van der Waals surface area contributed by atoms with Crippen molar-refractivity contribution in [3.8, 4) is 28.7 Å². The molecule has 0 unspecified atom stereocenters. The Balaban J connectivity index is 1.61. The van der Waals surface area contributed by atoms with Crippen molar-refractivity contribution in [2.75, 3.05) is 6.61 Å². The van der Waals surface area contributed by atoms with E-state index >= 15 is 0 Å². The Labute approximate surface area is 193 Å². The second-order valence-electron chi connectivity index (χ2n) is 7.74. The van der Waals surface area contributed by atoms with Crippen molar-refractivity contribution < 1.29 is 26.7 Å². The van der Waals surface area contributed by atoms with Gasteiger partial charge in [-0.05, 0) is 71.3 Å². The molecule has 0 radical (unpaired) electrons. The van der Waals surface area contributed by atoms with Crippen molar-refractivity contribution in [2.45, 2.75) is 19.8 Å². The minimum absolute atomic E-state index is 0.0290. The Bertz CT molecular complexity index is 1410. The van der Waals surface area contributed by atoms with Crippen LogP contribution in [0.15, 0.2) is 60.7 Å². The van der Waals surface area contributed by atoms with E-state index in [9.17, 15) is 22.0 Å². The number of fused-ring (bicyclic) bond motifs is 1. The van der Waals surface area contributed by atoms with E-state index in [4.69, 9.17) is 4.74 Å². The SMILES string of the molecule is CCCCOc1ccc(-c2cc(F)c(C#Cc3ccc4cc(F)c(F)cc4c3)c(F)c2)c(F)c1. The largest absolute Gasteiger partial charge is 0.493 e. The summed E-state index contributed by atoms with van der Waals surface area (Å²) in [6.45, 7) is 2.46. The first kappa shape index (κ1) is 23.3. The first-order valence-corrected chi connectivity index (χ1v) is 10.7. The van der Waals surface area contributed by atoms with Crippen molar-refractivity contribution in [2.24, 2.45) is 0 Å². The summed E-state index contributed by atoms with van der Waals surface area (Å²) in [7, 11) is 0. The predicted octanol–water partition coefficient (Wildman–Crippen LogP) is 7.78. The van der Waals surface area contributed by atoms with Gasteiger partial charge in [0.05, 0.1) is 12.2 Å². The van der Waals surface area contributed by atoms with E-state index in [0.717, 1.165) is 37.1 Å². The molecule has 0 fully saturated rings. The van der Waals surface area contributed by atoms with Gasteiger partial charge in [0, 0.05) is 17.2 Å². The maximum absolute atomic E-state index is 14.7. The van der Waals surface area contributed by atoms with Gasteiger partial charge in [-0.25, -0.2) is 22.0 Å². The molecule has 0 bridgehead atoms. The van der Waals surface area contributed by atoms with Gasteiger partial charge < -0.3 is 4.74 Å². The van der Waals surface area contributed by atoms with Crippen LogP contribution in [0, 0.1) is 40.9 Å². The summed E-state index contributed by atoms with van der Waals surface area (Å²) in [6.07, 6.45) is 1.77. The molecule has 4 aromatic carbocycles. The smallest absolute Gasteiger partial charge is 0.159 e. The number of hydrogen-bond acceptors (Lipinski definition) is 1. The molecule has 0 N–H and O–H groups in total. The quantitative estimate of drug-likeness (QED) is 0.166. The number of hydrogen-bond donors (Lipinski definition) is 0. The van der Waals surface area contributed by atoms with E-state index in [1.165, 1.54) is 30.3 Å². The highest BCUT2D eigenvalue weighted by molar-refractivity contribution is 5.84. The Morgan fingerprint density at radius 1 is 0.676 bits per heavy atom. The average Bonchev–Trinajstić information content (AvgIpc) is 2.79. The predicted molar refractivity (Wildman–Crippen MR) is 122 cm³/mol. The molecule has 34 heavy (non-hydrogen) atoms. The molecule has 0 aliphatic carbocycles. The number of rotatable bonds is 5. The first-order valence-electron chi connectivity index (χ1n) is 10.7. The van der Waals surface area contributed by atoms with Crippen LogP contribution in [0.5, 0.6) is 5.75 Å². The van der Waals surface area contributed by atoms with Crippen LogP contribution in [-0.2, 0) is 0 Å². The standard InChI is InChI=1S/C28H19F5O/c1-2-3-10-34-21-7-9-22(26(31)16-21)20-14-24(29)23(25(30)15-20)8-5-17-4-6-18-12-27(32)28(33)13-19(18)11-17/h4,6-7,9,11-16H,2-3,10H2,1H3. The zero-order valence-electron chi connectivity index (χ0n) is 18.2. The fraction of sp³-hybridized carbons (Fsp3) is 0.143. The third kappa shape index (κ3) is 5.04. The maximum Gasteiger partial charge on any atom is 0.159 e. The van der Waals surface area contributed by atoms with Crippen LogP contribution in [0.1, 0.15) is 30.9 Å². The fourth-order valence-electron chi connectivity index (χ4n) is 3.46. The zero-order valence-corrected chi connectivity index (χ0v) is 18.2. The molecular weight excluding hydrogens is 447 g/mol. The van der Waals surface area contributed by atoms with Crippen LogP contribution in [-0.4, -0.2) is 6.61 Å². The van der Waals surface area contributed by atoms with Crippen molar-refractivity contribution in [3.05, 3.63) is 101 Å². The van der Waals surface area contributed by atoms with Crippen LogP contribution in [0.4, 0.5) is 22.0 Å². The summed E-state index contributed by atoms with van der Waals surface area (Å²) < 4.78 is 76.2. The van der Waals surface area contributed by atoms with Gasteiger partial charge in [0.25, 0.3) is 0 Å². The molecule has 4 rings (SSSR count). The highest BCUT2D eigenvalue weighted by atomic mass is 19.2.